The molecular formula is C16H20N2O3. The van der Waals surface area contributed by atoms with Crippen LogP contribution in [0.1, 0.15) is 31.4 Å². The van der Waals surface area contributed by atoms with E-state index in [0.29, 0.717) is 5.92 Å². The highest BCUT2D eigenvalue weighted by Gasteiger charge is 2.42. The molecule has 1 aromatic rings. The predicted octanol–water partition coefficient (Wildman–Crippen LogP) is 2.09. The van der Waals surface area contributed by atoms with Gasteiger partial charge in [-0.05, 0) is 24.3 Å². The van der Waals surface area contributed by atoms with Crippen LogP contribution in [0.25, 0.3) is 0 Å². The Morgan fingerprint density at radius 1 is 1.33 bits per heavy atom. The number of hydrogen-bond acceptors (Lipinski definition) is 3. The maximum atomic E-state index is 12.7. The van der Waals surface area contributed by atoms with E-state index in [1.807, 2.05) is 35.2 Å². The van der Waals surface area contributed by atoms with E-state index in [9.17, 15) is 9.59 Å². The lowest BCUT2D eigenvalue weighted by Gasteiger charge is -2.33. The molecule has 2 amide bonds. The van der Waals surface area contributed by atoms with E-state index < -0.39 is 18.2 Å². The first-order chi connectivity index (χ1) is 10.1. The van der Waals surface area contributed by atoms with Crippen LogP contribution in [0, 0.1) is 5.92 Å². The van der Waals surface area contributed by atoms with Crippen LogP contribution in [-0.2, 0) is 9.53 Å². The first-order valence-electron chi connectivity index (χ1n) is 7.46. The van der Waals surface area contributed by atoms with Crippen molar-refractivity contribution in [2.24, 2.45) is 5.92 Å². The molecule has 2 aliphatic rings. The van der Waals surface area contributed by atoms with Crippen LogP contribution in [0.15, 0.2) is 30.3 Å². The molecule has 0 spiro atoms. The minimum atomic E-state index is -0.620. The Morgan fingerprint density at radius 2 is 2.10 bits per heavy atom. The first-order valence-corrected chi connectivity index (χ1v) is 7.46. The van der Waals surface area contributed by atoms with Crippen molar-refractivity contribution in [2.75, 3.05) is 13.1 Å². The molecule has 21 heavy (non-hydrogen) atoms. The molecule has 3 unspecified atom stereocenters. The van der Waals surface area contributed by atoms with Gasteiger partial charge in [0.1, 0.15) is 0 Å². The quantitative estimate of drug-likeness (QED) is 0.906. The van der Waals surface area contributed by atoms with Gasteiger partial charge in [-0.25, -0.2) is 4.79 Å². The highest BCUT2D eigenvalue weighted by atomic mass is 16.6. The molecule has 0 aliphatic carbocycles. The van der Waals surface area contributed by atoms with Crippen molar-refractivity contribution in [1.29, 1.82) is 0 Å². The molecule has 5 heteroatoms. The molecule has 0 bridgehead atoms. The molecule has 2 aliphatic heterocycles. The van der Waals surface area contributed by atoms with Gasteiger partial charge in [0.2, 0.25) is 5.91 Å². The van der Waals surface area contributed by atoms with Crippen molar-refractivity contribution in [3.05, 3.63) is 35.9 Å². The lowest BCUT2D eigenvalue weighted by Crippen LogP contribution is -2.49. The fraction of sp³-hybridized carbons (Fsp3) is 0.500. The first kappa shape index (κ1) is 13.9. The van der Waals surface area contributed by atoms with Gasteiger partial charge in [-0.1, -0.05) is 37.3 Å². The number of alkyl carbamates (subject to hydrolysis) is 1. The summed E-state index contributed by atoms with van der Waals surface area (Å²) in [7, 11) is 0. The molecule has 5 nitrogen and oxygen atoms in total. The Bertz CT molecular complexity index is 532. The standard InChI is InChI=1S/C16H20N2O3/c1-11-6-5-9-18(10-11)15(19)13-14(21-16(20)17-13)12-7-3-2-4-8-12/h2-4,7-8,11,13-14H,5-6,9-10H2,1H3,(H,17,20). The monoisotopic (exact) mass is 288 g/mol. The average molecular weight is 288 g/mol. The Morgan fingerprint density at radius 3 is 2.81 bits per heavy atom. The van der Waals surface area contributed by atoms with Gasteiger partial charge in [-0.3, -0.25) is 4.79 Å². The summed E-state index contributed by atoms with van der Waals surface area (Å²) < 4.78 is 5.30. The molecule has 1 N–H and O–H groups in total. The number of carbonyl (C=O) groups is 2. The number of carbonyl (C=O) groups excluding carboxylic acids is 2. The summed E-state index contributed by atoms with van der Waals surface area (Å²) in [4.78, 5) is 26.1. The van der Waals surface area contributed by atoms with E-state index in [-0.39, 0.29) is 5.91 Å². The van der Waals surface area contributed by atoms with Crippen molar-refractivity contribution >= 4 is 12.0 Å². The number of amides is 2. The maximum absolute atomic E-state index is 12.7. The molecule has 0 aromatic heterocycles. The van der Waals surface area contributed by atoms with Crippen molar-refractivity contribution in [1.82, 2.24) is 10.2 Å². The zero-order valence-electron chi connectivity index (χ0n) is 12.1. The summed E-state index contributed by atoms with van der Waals surface area (Å²) in [6.07, 6.45) is 1.11. The predicted molar refractivity (Wildman–Crippen MR) is 77.6 cm³/mol. The van der Waals surface area contributed by atoms with Crippen molar-refractivity contribution in [3.63, 3.8) is 0 Å². The number of piperidine rings is 1. The molecule has 3 atom stereocenters. The summed E-state index contributed by atoms with van der Waals surface area (Å²) >= 11 is 0. The Hall–Kier alpha value is -2.04. The largest absolute Gasteiger partial charge is 0.439 e. The van der Waals surface area contributed by atoms with Gasteiger partial charge >= 0.3 is 6.09 Å². The topological polar surface area (TPSA) is 58.6 Å². The fourth-order valence-corrected chi connectivity index (χ4v) is 3.10. The molecule has 0 saturated carbocycles. The van der Waals surface area contributed by atoms with Gasteiger partial charge in [-0.2, -0.15) is 0 Å². The lowest BCUT2D eigenvalue weighted by atomic mass is 9.97. The van der Waals surface area contributed by atoms with Crippen LogP contribution < -0.4 is 5.32 Å². The van der Waals surface area contributed by atoms with Crippen molar-refractivity contribution in [3.8, 4) is 0 Å². The summed E-state index contributed by atoms with van der Waals surface area (Å²) in [6.45, 7) is 3.67. The van der Waals surface area contributed by atoms with Crippen LogP contribution in [0.4, 0.5) is 4.79 Å². The van der Waals surface area contributed by atoms with Gasteiger partial charge in [0.15, 0.2) is 12.1 Å². The van der Waals surface area contributed by atoms with E-state index in [1.165, 1.54) is 0 Å². The number of nitrogens with zero attached hydrogens (tertiary/aromatic N) is 1. The second-order valence-corrected chi connectivity index (χ2v) is 5.89. The second-order valence-electron chi connectivity index (χ2n) is 5.89. The minimum absolute atomic E-state index is 0.0405. The zero-order chi connectivity index (χ0) is 14.8. The van der Waals surface area contributed by atoms with Gasteiger partial charge in [0.25, 0.3) is 0 Å². The van der Waals surface area contributed by atoms with Crippen molar-refractivity contribution in [2.45, 2.75) is 31.9 Å². The van der Waals surface area contributed by atoms with Crippen LogP contribution >= 0.6 is 0 Å². The normalized spacial score (nSPS) is 28.9. The number of hydrogen-bond donors (Lipinski definition) is 1. The number of rotatable bonds is 2. The van der Waals surface area contributed by atoms with Crippen molar-refractivity contribution < 1.29 is 14.3 Å². The Balaban J connectivity index is 1.79. The molecule has 2 heterocycles. The molecule has 112 valence electrons. The van der Waals surface area contributed by atoms with Crippen LogP contribution in [-0.4, -0.2) is 36.0 Å². The number of nitrogens with one attached hydrogen (secondary N) is 1. The van der Waals surface area contributed by atoms with E-state index in [2.05, 4.69) is 12.2 Å². The minimum Gasteiger partial charge on any atom is -0.439 e. The molecule has 0 radical (unpaired) electrons. The highest BCUT2D eigenvalue weighted by Crippen LogP contribution is 2.28. The van der Waals surface area contributed by atoms with E-state index >= 15 is 0 Å². The molecule has 2 saturated heterocycles. The van der Waals surface area contributed by atoms with Crippen LogP contribution in [0.5, 0.6) is 0 Å². The lowest BCUT2D eigenvalue weighted by molar-refractivity contribution is -0.136. The number of likely N-dealkylation sites (tertiary alicyclic amines) is 1. The van der Waals surface area contributed by atoms with Gasteiger partial charge in [0.05, 0.1) is 0 Å². The highest BCUT2D eigenvalue weighted by molar-refractivity contribution is 5.89. The molecule has 2 fully saturated rings. The zero-order valence-corrected chi connectivity index (χ0v) is 12.1. The third-order valence-corrected chi connectivity index (χ3v) is 4.17. The number of cyclic esters (lactones) is 1. The van der Waals surface area contributed by atoms with E-state index in [1.54, 1.807) is 0 Å². The number of benzene rings is 1. The van der Waals surface area contributed by atoms with E-state index in [0.717, 1.165) is 31.5 Å². The smallest absolute Gasteiger partial charge is 0.408 e. The Kier molecular flexibility index (Phi) is 3.82. The third kappa shape index (κ3) is 2.86. The SMILES string of the molecule is CC1CCCN(C(=O)C2NC(=O)OC2c2ccccc2)C1. The number of ether oxygens (including phenoxy) is 1. The summed E-state index contributed by atoms with van der Waals surface area (Å²) in [5.41, 5.74) is 0.847. The molecule has 3 rings (SSSR count). The van der Waals surface area contributed by atoms with Crippen LogP contribution in [0.3, 0.4) is 0 Å². The third-order valence-electron chi connectivity index (χ3n) is 4.17. The molecular weight excluding hydrogens is 268 g/mol. The average Bonchev–Trinajstić information content (AvgIpc) is 2.89. The fourth-order valence-electron chi connectivity index (χ4n) is 3.10. The van der Waals surface area contributed by atoms with Gasteiger partial charge in [0, 0.05) is 13.1 Å². The molecule has 1 aromatic carbocycles. The summed E-state index contributed by atoms with van der Waals surface area (Å²) in [5.74, 6) is 0.470. The second kappa shape index (κ2) is 5.76. The Labute approximate surface area is 124 Å². The van der Waals surface area contributed by atoms with Gasteiger partial charge in [-0.15, -0.1) is 0 Å². The summed E-state index contributed by atoms with van der Waals surface area (Å²) in [6, 6.07) is 8.80. The van der Waals surface area contributed by atoms with Gasteiger partial charge < -0.3 is 15.0 Å². The summed E-state index contributed by atoms with van der Waals surface area (Å²) in [5, 5.41) is 2.66. The van der Waals surface area contributed by atoms with E-state index in [4.69, 9.17) is 4.74 Å². The van der Waals surface area contributed by atoms with Crippen LogP contribution in [0.2, 0.25) is 0 Å². The maximum Gasteiger partial charge on any atom is 0.408 e.